The highest BCUT2D eigenvalue weighted by molar-refractivity contribution is 7.99. The van der Waals surface area contributed by atoms with Crippen LogP contribution in [-0.4, -0.2) is 33.1 Å². The van der Waals surface area contributed by atoms with Gasteiger partial charge in [0.25, 0.3) is 0 Å². The third-order valence-electron chi connectivity index (χ3n) is 5.58. The predicted molar refractivity (Wildman–Crippen MR) is 139 cm³/mol. The van der Waals surface area contributed by atoms with Crippen molar-refractivity contribution in [3.63, 3.8) is 0 Å². The lowest BCUT2D eigenvalue weighted by Crippen LogP contribution is -2.30. The fourth-order valence-electron chi connectivity index (χ4n) is 3.84. The van der Waals surface area contributed by atoms with Crippen LogP contribution in [-0.2, 0) is 16.1 Å². The number of para-hydroxylation sites is 1. The van der Waals surface area contributed by atoms with Crippen molar-refractivity contribution in [3.05, 3.63) is 76.0 Å². The fourth-order valence-corrected chi connectivity index (χ4v) is 4.88. The highest BCUT2D eigenvalue weighted by Crippen LogP contribution is 2.40. The van der Waals surface area contributed by atoms with E-state index in [0.29, 0.717) is 39.8 Å². The summed E-state index contributed by atoms with van der Waals surface area (Å²) in [6.07, 6.45) is 2.19. The zero-order valence-corrected chi connectivity index (χ0v) is 21.7. The monoisotopic (exact) mass is 512 g/mol. The van der Waals surface area contributed by atoms with E-state index in [9.17, 15) is 4.79 Å². The summed E-state index contributed by atoms with van der Waals surface area (Å²) in [4.78, 5) is 17.8. The number of halogens is 1. The Bertz CT molecular complexity index is 1210. The summed E-state index contributed by atoms with van der Waals surface area (Å²) < 4.78 is 13.4. The van der Waals surface area contributed by atoms with Crippen LogP contribution < -0.4 is 10.1 Å². The maximum atomic E-state index is 13.1. The topological polar surface area (TPSA) is 78.3 Å². The first-order valence-corrected chi connectivity index (χ1v) is 13.1. The Morgan fingerprint density at radius 3 is 2.69 bits per heavy atom. The van der Waals surface area contributed by atoms with E-state index in [1.807, 2.05) is 55.5 Å². The average molecular weight is 513 g/mol. The summed E-state index contributed by atoms with van der Waals surface area (Å²) in [5.41, 5.74) is 2.97. The molecule has 9 heteroatoms. The Morgan fingerprint density at radius 2 is 1.94 bits per heavy atom. The lowest BCUT2D eigenvalue weighted by atomic mass is 9.95. The highest BCUT2D eigenvalue weighted by Gasteiger charge is 2.36. The van der Waals surface area contributed by atoms with Gasteiger partial charge in [0, 0.05) is 22.0 Å². The first-order valence-electron chi connectivity index (χ1n) is 11.7. The van der Waals surface area contributed by atoms with Crippen molar-refractivity contribution in [1.29, 1.82) is 0 Å². The minimum Gasteiger partial charge on any atom is -0.489 e. The van der Waals surface area contributed by atoms with Crippen molar-refractivity contribution in [2.45, 2.75) is 51.4 Å². The predicted octanol–water partition coefficient (Wildman–Crippen LogP) is 6.25. The molecule has 35 heavy (non-hydrogen) atoms. The minimum atomic E-state index is -0.542. The number of nitrogens with zero attached hydrogens (tertiary/aromatic N) is 3. The van der Waals surface area contributed by atoms with Crippen molar-refractivity contribution < 1.29 is 14.3 Å². The molecule has 1 N–H and O–H groups in total. The summed E-state index contributed by atoms with van der Waals surface area (Å²) in [6, 6.07) is 14.7. The Morgan fingerprint density at radius 1 is 1.17 bits per heavy atom. The van der Waals surface area contributed by atoms with E-state index in [2.05, 4.69) is 17.2 Å². The normalized spacial score (nSPS) is 14.9. The van der Waals surface area contributed by atoms with E-state index in [4.69, 9.17) is 26.2 Å². The van der Waals surface area contributed by atoms with Crippen LogP contribution in [0.3, 0.4) is 0 Å². The number of allylic oxidation sites excluding steroid dienone is 1. The lowest BCUT2D eigenvalue weighted by Gasteiger charge is -2.29. The van der Waals surface area contributed by atoms with Crippen molar-refractivity contribution in [1.82, 2.24) is 14.8 Å². The Labute approximate surface area is 214 Å². The van der Waals surface area contributed by atoms with Crippen molar-refractivity contribution in [2.75, 3.05) is 17.7 Å². The van der Waals surface area contributed by atoms with E-state index >= 15 is 0 Å². The first-order chi connectivity index (χ1) is 17.0. The SMILES string of the molecule is CCCCSc1nc2n(n1)C(c1ccccc1OCc1ccc(Cl)cc1)C(C(=O)OCC)=C(C)N2. The molecule has 7 nitrogen and oxygen atoms in total. The van der Waals surface area contributed by atoms with Crippen LogP contribution in [0.15, 0.2) is 65.0 Å². The Hall–Kier alpha value is -2.97. The van der Waals surface area contributed by atoms with Crippen molar-refractivity contribution in [3.8, 4) is 5.75 Å². The number of benzene rings is 2. The molecule has 0 amide bonds. The van der Waals surface area contributed by atoms with E-state index in [1.165, 1.54) is 0 Å². The number of rotatable bonds is 10. The number of unbranched alkanes of at least 4 members (excludes halogenated alkanes) is 1. The van der Waals surface area contributed by atoms with Gasteiger partial charge in [-0.05, 0) is 44.0 Å². The van der Waals surface area contributed by atoms with Gasteiger partial charge in [-0.1, -0.05) is 67.0 Å². The van der Waals surface area contributed by atoms with Crippen LogP contribution in [0.5, 0.6) is 5.75 Å². The number of carbonyl (C=O) groups is 1. The Balaban J connectivity index is 1.72. The van der Waals surface area contributed by atoms with Gasteiger partial charge in [-0.3, -0.25) is 0 Å². The molecule has 4 rings (SSSR count). The molecule has 1 aliphatic rings. The molecule has 0 aliphatic carbocycles. The molecule has 0 saturated carbocycles. The van der Waals surface area contributed by atoms with Crippen molar-refractivity contribution in [2.24, 2.45) is 0 Å². The number of hydrogen-bond donors (Lipinski definition) is 1. The molecule has 3 aromatic rings. The van der Waals surface area contributed by atoms with E-state index in [0.717, 1.165) is 29.7 Å². The number of nitrogens with one attached hydrogen (secondary N) is 1. The summed E-state index contributed by atoms with van der Waals surface area (Å²) in [5.74, 6) is 1.79. The maximum Gasteiger partial charge on any atom is 0.338 e. The van der Waals surface area contributed by atoms with Crippen molar-refractivity contribution >= 4 is 35.3 Å². The molecular formula is C26H29ClN4O3S. The Kier molecular flexibility index (Phi) is 8.36. The number of fused-ring (bicyclic) bond motifs is 1. The number of thioether (sulfide) groups is 1. The molecule has 0 saturated heterocycles. The van der Waals surface area contributed by atoms with E-state index < -0.39 is 12.0 Å². The smallest absolute Gasteiger partial charge is 0.338 e. The number of esters is 1. The summed E-state index contributed by atoms with van der Waals surface area (Å²) in [7, 11) is 0. The van der Waals surface area contributed by atoms with Gasteiger partial charge < -0.3 is 14.8 Å². The molecule has 0 bridgehead atoms. The zero-order chi connectivity index (χ0) is 24.8. The van der Waals surface area contributed by atoms with Crippen LogP contribution in [0.1, 0.15) is 50.8 Å². The quantitative estimate of drug-likeness (QED) is 0.195. The minimum absolute atomic E-state index is 0.277. The van der Waals surface area contributed by atoms with Gasteiger partial charge in [0.05, 0.1) is 12.2 Å². The number of anilines is 1. The molecule has 2 heterocycles. The van der Waals surface area contributed by atoms with Crippen LogP contribution in [0.4, 0.5) is 5.95 Å². The second kappa shape index (κ2) is 11.6. The molecular weight excluding hydrogens is 484 g/mol. The second-order valence-electron chi connectivity index (χ2n) is 8.10. The molecule has 1 atom stereocenters. The largest absolute Gasteiger partial charge is 0.489 e. The van der Waals surface area contributed by atoms with Gasteiger partial charge in [-0.25, -0.2) is 9.48 Å². The molecule has 0 radical (unpaired) electrons. The maximum absolute atomic E-state index is 13.1. The van der Waals surface area contributed by atoms with Gasteiger partial charge >= 0.3 is 5.97 Å². The highest BCUT2D eigenvalue weighted by atomic mass is 35.5. The van der Waals surface area contributed by atoms with E-state index in [1.54, 1.807) is 23.4 Å². The van der Waals surface area contributed by atoms with E-state index in [-0.39, 0.29) is 6.61 Å². The average Bonchev–Trinajstić information content (AvgIpc) is 3.25. The lowest BCUT2D eigenvalue weighted by molar-refractivity contribution is -0.139. The van der Waals surface area contributed by atoms with Crippen LogP contribution in [0, 0.1) is 0 Å². The number of hydrogen-bond acceptors (Lipinski definition) is 7. The zero-order valence-electron chi connectivity index (χ0n) is 20.1. The summed E-state index contributed by atoms with van der Waals surface area (Å²) in [6.45, 7) is 6.45. The second-order valence-corrected chi connectivity index (χ2v) is 9.60. The van der Waals surface area contributed by atoms with Gasteiger partial charge in [-0.2, -0.15) is 4.98 Å². The number of ether oxygens (including phenoxy) is 2. The van der Waals surface area contributed by atoms with Crippen LogP contribution in [0.2, 0.25) is 5.02 Å². The number of aromatic nitrogens is 3. The third-order valence-corrected chi connectivity index (χ3v) is 6.75. The molecule has 184 valence electrons. The molecule has 1 unspecified atom stereocenters. The van der Waals surface area contributed by atoms with Gasteiger partial charge in [0.15, 0.2) is 0 Å². The van der Waals surface area contributed by atoms with Crippen LogP contribution in [0.25, 0.3) is 0 Å². The van der Waals surface area contributed by atoms with Crippen LogP contribution >= 0.6 is 23.4 Å². The van der Waals surface area contributed by atoms with Gasteiger partial charge in [0.1, 0.15) is 18.4 Å². The summed E-state index contributed by atoms with van der Waals surface area (Å²) in [5, 5.41) is 9.36. The molecule has 1 aliphatic heterocycles. The molecule has 0 spiro atoms. The molecule has 0 fully saturated rings. The molecule has 2 aromatic carbocycles. The molecule has 1 aromatic heterocycles. The fraction of sp³-hybridized carbons (Fsp3) is 0.346. The summed E-state index contributed by atoms with van der Waals surface area (Å²) >= 11 is 7.63. The first kappa shape index (κ1) is 25.1. The standard InChI is InChI=1S/C26H29ClN4O3S/c1-4-6-15-35-26-29-25-28-17(3)22(24(32)33-5-2)23(31(25)30-26)20-9-7-8-10-21(20)34-16-18-11-13-19(27)14-12-18/h7-14,23H,4-6,15-16H2,1-3H3,(H,28,29,30). The third kappa shape index (κ3) is 5.82. The number of carbonyl (C=O) groups excluding carboxylic acids is 1. The van der Waals surface area contributed by atoms with Gasteiger partial charge in [0.2, 0.25) is 11.1 Å². The van der Waals surface area contributed by atoms with Gasteiger partial charge in [-0.15, -0.1) is 5.10 Å².